The monoisotopic (exact) mass is 504 g/mol. The number of hydrogen-bond donors (Lipinski definition) is 1. The van der Waals surface area contributed by atoms with Crippen molar-refractivity contribution in [2.45, 2.75) is 62.9 Å². The first-order chi connectivity index (χ1) is 17.8. The summed E-state index contributed by atoms with van der Waals surface area (Å²) in [5, 5.41) is 3.01. The number of nitrogens with one attached hydrogen (secondary N) is 1. The highest BCUT2D eigenvalue weighted by Gasteiger charge is 2.55. The zero-order chi connectivity index (χ0) is 26.0. The van der Waals surface area contributed by atoms with Crippen molar-refractivity contribution in [1.29, 1.82) is 0 Å². The summed E-state index contributed by atoms with van der Waals surface area (Å²) in [7, 11) is 4.35. The Morgan fingerprint density at radius 2 is 1.76 bits per heavy atom. The first-order valence-corrected chi connectivity index (χ1v) is 13.7. The zero-order valence-corrected chi connectivity index (χ0v) is 22.4. The molecule has 8 heteroatoms. The molecule has 198 valence electrons. The summed E-state index contributed by atoms with van der Waals surface area (Å²) >= 11 is 0. The molecule has 2 aliphatic carbocycles. The lowest BCUT2D eigenvalue weighted by Gasteiger charge is -2.51. The highest BCUT2D eigenvalue weighted by Crippen LogP contribution is 2.49. The smallest absolute Gasteiger partial charge is 0.321 e. The molecule has 1 aliphatic heterocycles. The molecule has 5 rings (SSSR count). The lowest BCUT2D eigenvalue weighted by atomic mass is 9.68. The molecular weight excluding hydrogens is 464 g/mol. The molecule has 37 heavy (non-hydrogen) atoms. The van der Waals surface area contributed by atoms with Gasteiger partial charge in [0, 0.05) is 31.0 Å². The normalized spacial score (nSPS) is 26.1. The maximum absolute atomic E-state index is 13.7. The molecule has 1 N–H and O–H groups in total. The van der Waals surface area contributed by atoms with Crippen molar-refractivity contribution in [3.63, 3.8) is 0 Å². The average molecular weight is 505 g/mol. The summed E-state index contributed by atoms with van der Waals surface area (Å²) in [5.74, 6) is 0.996. The van der Waals surface area contributed by atoms with Crippen molar-refractivity contribution in [3.8, 4) is 0 Å². The second-order valence-corrected chi connectivity index (χ2v) is 11.5. The van der Waals surface area contributed by atoms with E-state index in [1.165, 1.54) is 24.8 Å². The number of aromatic nitrogens is 2. The molecule has 0 radical (unpaired) electrons. The van der Waals surface area contributed by atoms with Crippen LogP contribution >= 0.6 is 0 Å². The number of aryl methyl sites for hydroxylation is 1. The number of ketones is 1. The lowest BCUT2D eigenvalue weighted by Crippen LogP contribution is -2.56. The predicted octanol–water partition coefficient (Wildman–Crippen LogP) is 4.07. The van der Waals surface area contributed by atoms with Crippen LogP contribution in [0.1, 0.15) is 56.1 Å². The third-order valence-corrected chi connectivity index (χ3v) is 8.99. The van der Waals surface area contributed by atoms with E-state index in [0.717, 1.165) is 37.8 Å². The van der Waals surface area contributed by atoms with E-state index in [1.807, 2.05) is 6.92 Å². The van der Waals surface area contributed by atoms with Crippen molar-refractivity contribution in [3.05, 3.63) is 53.9 Å². The number of amides is 2. The Kier molecular flexibility index (Phi) is 7.21. The molecule has 2 saturated carbocycles. The molecule has 8 nitrogen and oxygen atoms in total. The van der Waals surface area contributed by atoms with E-state index in [-0.39, 0.29) is 36.0 Å². The first-order valence-electron chi connectivity index (χ1n) is 13.7. The van der Waals surface area contributed by atoms with E-state index in [1.54, 1.807) is 17.3 Å². The van der Waals surface area contributed by atoms with E-state index in [0.29, 0.717) is 18.4 Å². The minimum atomic E-state index is -0.200. The van der Waals surface area contributed by atoms with Crippen LogP contribution in [0.3, 0.4) is 0 Å². The predicted molar refractivity (Wildman–Crippen MR) is 144 cm³/mol. The van der Waals surface area contributed by atoms with Gasteiger partial charge in [0.15, 0.2) is 5.78 Å². The summed E-state index contributed by atoms with van der Waals surface area (Å²) in [6.45, 7) is 3.61. The van der Waals surface area contributed by atoms with Gasteiger partial charge >= 0.3 is 6.03 Å². The van der Waals surface area contributed by atoms with Crippen LogP contribution in [0.15, 0.2) is 42.7 Å². The van der Waals surface area contributed by atoms with Crippen LogP contribution in [0.4, 0.5) is 10.7 Å². The quantitative estimate of drug-likeness (QED) is 0.554. The number of urea groups is 1. The highest BCUT2D eigenvalue weighted by atomic mass is 16.2. The third-order valence-electron chi connectivity index (χ3n) is 8.99. The topological polar surface area (TPSA) is 81.7 Å². The van der Waals surface area contributed by atoms with Crippen LogP contribution < -0.4 is 5.32 Å². The van der Waals surface area contributed by atoms with Crippen molar-refractivity contribution in [2.75, 3.05) is 45.6 Å². The molecule has 1 saturated heterocycles. The summed E-state index contributed by atoms with van der Waals surface area (Å²) in [6.07, 6.45) is 11.0. The number of carbonyl (C=O) groups is 2. The second kappa shape index (κ2) is 10.4. The van der Waals surface area contributed by atoms with Gasteiger partial charge in [-0.2, -0.15) is 0 Å². The number of hydrogen-bond acceptors (Lipinski definition) is 6. The first kappa shape index (κ1) is 25.6. The van der Waals surface area contributed by atoms with E-state index < -0.39 is 0 Å². The van der Waals surface area contributed by atoms with Gasteiger partial charge in [-0.05, 0) is 76.6 Å². The Morgan fingerprint density at radius 1 is 1.08 bits per heavy atom. The Bertz CT molecular complexity index is 1090. The minimum absolute atomic E-state index is 0.0269. The number of anilines is 1. The van der Waals surface area contributed by atoms with Crippen LogP contribution in [-0.2, 0) is 10.3 Å². The largest absolute Gasteiger partial charge is 0.347 e. The Balaban J connectivity index is 1.29. The molecule has 0 atom stereocenters. The van der Waals surface area contributed by atoms with E-state index in [2.05, 4.69) is 69.5 Å². The van der Waals surface area contributed by atoms with E-state index >= 15 is 0 Å². The molecule has 2 heterocycles. The summed E-state index contributed by atoms with van der Waals surface area (Å²) in [6, 6.07) is 10.8. The van der Waals surface area contributed by atoms with Gasteiger partial charge < -0.3 is 15.1 Å². The molecule has 2 amide bonds. The molecule has 3 aliphatic rings. The van der Waals surface area contributed by atoms with Gasteiger partial charge in [0.25, 0.3) is 0 Å². The van der Waals surface area contributed by atoms with Crippen LogP contribution in [0.2, 0.25) is 0 Å². The minimum Gasteiger partial charge on any atom is -0.347 e. The maximum Gasteiger partial charge on any atom is 0.321 e. The van der Waals surface area contributed by atoms with Gasteiger partial charge in [-0.3, -0.25) is 9.69 Å². The Labute approximate surface area is 220 Å². The van der Waals surface area contributed by atoms with Crippen molar-refractivity contribution >= 4 is 17.8 Å². The van der Waals surface area contributed by atoms with Crippen molar-refractivity contribution in [2.24, 2.45) is 5.92 Å². The van der Waals surface area contributed by atoms with Crippen LogP contribution in [0, 0.1) is 12.8 Å². The van der Waals surface area contributed by atoms with Gasteiger partial charge in [0.05, 0.1) is 18.6 Å². The fourth-order valence-corrected chi connectivity index (χ4v) is 6.44. The van der Waals surface area contributed by atoms with Gasteiger partial charge in [-0.15, -0.1) is 0 Å². The molecule has 2 aromatic rings. The van der Waals surface area contributed by atoms with E-state index in [4.69, 9.17) is 0 Å². The summed E-state index contributed by atoms with van der Waals surface area (Å²) < 4.78 is 0. The molecule has 3 fully saturated rings. The van der Waals surface area contributed by atoms with Crippen molar-refractivity contribution in [1.82, 2.24) is 24.7 Å². The second-order valence-electron chi connectivity index (χ2n) is 11.5. The Morgan fingerprint density at radius 3 is 2.35 bits per heavy atom. The van der Waals surface area contributed by atoms with E-state index in [9.17, 15) is 9.59 Å². The molecular formula is C29H40N6O2. The van der Waals surface area contributed by atoms with Gasteiger partial charge in [-0.25, -0.2) is 14.8 Å². The molecule has 1 spiro atoms. The average Bonchev–Trinajstić information content (AvgIpc) is 3.11. The SMILES string of the molecule is Cc1cnc(NCC(=O)CN2CC3(CCC(c4ccccc4)(N(C)C)CC3)N(CC3CCC3)C2=O)nc1. The standard InChI is InChI=1S/C29H40N6O2/c1-22-16-30-26(31-17-22)32-18-25(36)20-34-21-28(35(27(34)37)19-23-8-7-9-23)12-14-29(15-13-28,33(2)3)24-10-5-4-6-11-24/h4-6,10-11,16-17,23H,7-9,12-15,18-21H2,1-3H3,(H,30,31,32). The summed E-state index contributed by atoms with van der Waals surface area (Å²) in [5.41, 5.74) is 2.09. The molecule has 1 aromatic heterocycles. The Hall–Kier alpha value is -3.00. The number of rotatable bonds is 9. The fraction of sp³-hybridized carbons (Fsp3) is 0.586. The fourth-order valence-electron chi connectivity index (χ4n) is 6.44. The van der Waals surface area contributed by atoms with Crippen LogP contribution in [0.25, 0.3) is 0 Å². The number of benzene rings is 1. The zero-order valence-electron chi connectivity index (χ0n) is 22.4. The van der Waals surface area contributed by atoms with Gasteiger partial charge in [-0.1, -0.05) is 36.8 Å². The van der Waals surface area contributed by atoms with Crippen LogP contribution in [0.5, 0.6) is 0 Å². The van der Waals surface area contributed by atoms with Crippen LogP contribution in [-0.4, -0.2) is 82.3 Å². The van der Waals surface area contributed by atoms with Gasteiger partial charge in [0.2, 0.25) is 5.95 Å². The third kappa shape index (κ3) is 5.08. The highest BCUT2D eigenvalue weighted by molar-refractivity contribution is 5.89. The van der Waals surface area contributed by atoms with Gasteiger partial charge in [0.1, 0.15) is 0 Å². The molecule has 1 aromatic carbocycles. The lowest BCUT2D eigenvalue weighted by molar-refractivity contribution is -0.117. The number of nitrogens with zero attached hydrogens (tertiary/aromatic N) is 5. The maximum atomic E-state index is 13.7. The van der Waals surface area contributed by atoms with Crippen molar-refractivity contribution < 1.29 is 9.59 Å². The number of carbonyl (C=O) groups excluding carboxylic acids is 2. The summed E-state index contributed by atoms with van der Waals surface area (Å²) in [4.78, 5) is 41.3. The number of Topliss-reactive ketones (excluding diaryl/α,β-unsaturated/α-hetero) is 1. The molecule has 0 bridgehead atoms. The molecule has 0 unspecified atom stereocenters.